The molecule has 0 saturated heterocycles. The number of aryl methyl sites for hydroxylation is 4. The third kappa shape index (κ3) is 3.13. The number of aromatic hydroxyl groups is 1. The third-order valence-corrected chi connectivity index (χ3v) is 4.27. The minimum Gasteiger partial charge on any atom is -0.508 e. The zero-order valence-electron chi connectivity index (χ0n) is 14.7. The van der Waals surface area contributed by atoms with Crippen LogP contribution in [0.25, 0.3) is 0 Å². The Hall–Kier alpha value is -2.74. The van der Waals surface area contributed by atoms with Crippen LogP contribution in [0, 0.1) is 27.7 Å². The second-order valence-electron chi connectivity index (χ2n) is 6.44. The second kappa shape index (κ2) is 6.40. The van der Waals surface area contributed by atoms with E-state index in [1.54, 1.807) is 12.1 Å². The van der Waals surface area contributed by atoms with Gasteiger partial charge in [-0.1, -0.05) is 41.5 Å². The van der Waals surface area contributed by atoms with Crippen molar-refractivity contribution < 1.29 is 5.11 Å². The molecule has 3 rings (SSSR count). The second-order valence-corrected chi connectivity index (χ2v) is 6.44. The SMILES string of the molecule is Cc1ccc(N(c2cccc(O)c2)c2ccc(C)cc2C)c(C)c1. The minimum atomic E-state index is 0.270. The van der Waals surface area contributed by atoms with Crippen molar-refractivity contribution in [2.24, 2.45) is 0 Å². The maximum Gasteiger partial charge on any atom is 0.117 e. The molecule has 0 aromatic heterocycles. The molecule has 0 heterocycles. The van der Waals surface area contributed by atoms with Crippen LogP contribution >= 0.6 is 0 Å². The first kappa shape index (κ1) is 16.1. The molecule has 0 aliphatic carbocycles. The molecule has 0 spiro atoms. The predicted octanol–water partition coefficient (Wildman–Crippen LogP) is 6.10. The molecule has 0 unspecified atom stereocenters. The van der Waals surface area contributed by atoms with Crippen LogP contribution < -0.4 is 4.90 Å². The lowest BCUT2D eigenvalue weighted by Gasteiger charge is -2.29. The summed E-state index contributed by atoms with van der Waals surface area (Å²) in [5.74, 6) is 0.270. The van der Waals surface area contributed by atoms with Crippen molar-refractivity contribution >= 4 is 17.1 Å². The first-order chi connectivity index (χ1) is 11.5. The zero-order valence-corrected chi connectivity index (χ0v) is 14.7. The molecule has 0 aliphatic rings. The Balaban J connectivity index is 2.24. The van der Waals surface area contributed by atoms with Crippen LogP contribution in [-0.2, 0) is 0 Å². The fraction of sp³-hybridized carbons (Fsp3) is 0.182. The molecule has 0 saturated carbocycles. The molecule has 0 fully saturated rings. The average Bonchev–Trinajstić information content (AvgIpc) is 2.51. The standard InChI is InChI=1S/C22H23NO/c1-15-8-10-21(17(3)12-15)23(19-6-5-7-20(24)14-19)22-11-9-16(2)13-18(22)4/h5-14,24H,1-4H3. The van der Waals surface area contributed by atoms with Crippen LogP contribution in [0.15, 0.2) is 60.7 Å². The van der Waals surface area contributed by atoms with Crippen LogP contribution in [0.2, 0.25) is 0 Å². The van der Waals surface area contributed by atoms with E-state index < -0.39 is 0 Å². The number of hydrogen-bond donors (Lipinski definition) is 1. The molecule has 0 atom stereocenters. The number of phenols is 1. The van der Waals surface area contributed by atoms with Gasteiger partial charge in [0.1, 0.15) is 5.75 Å². The van der Waals surface area contributed by atoms with Gasteiger partial charge in [0.25, 0.3) is 0 Å². The predicted molar refractivity (Wildman–Crippen MR) is 102 cm³/mol. The summed E-state index contributed by atoms with van der Waals surface area (Å²) in [4.78, 5) is 2.21. The van der Waals surface area contributed by atoms with Crippen molar-refractivity contribution in [1.29, 1.82) is 0 Å². The molecule has 1 N–H and O–H groups in total. The highest BCUT2D eigenvalue weighted by atomic mass is 16.3. The van der Waals surface area contributed by atoms with E-state index in [0.717, 1.165) is 17.1 Å². The molecule has 0 amide bonds. The van der Waals surface area contributed by atoms with E-state index in [0.29, 0.717) is 0 Å². The Labute approximate surface area is 144 Å². The average molecular weight is 317 g/mol. The number of benzene rings is 3. The number of rotatable bonds is 3. The molecule has 0 bridgehead atoms. The number of hydrogen-bond acceptors (Lipinski definition) is 2. The number of phenolic OH excluding ortho intramolecular Hbond substituents is 1. The molecule has 0 radical (unpaired) electrons. The number of nitrogens with zero attached hydrogens (tertiary/aromatic N) is 1. The van der Waals surface area contributed by atoms with E-state index in [9.17, 15) is 5.11 Å². The summed E-state index contributed by atoms with van der Waals surface area (Å²) in [6.45, 7) is 8.46. The maximum atomic E-state index is 9.96. The normalized spacial score (nSPS) is 10.7. The topological polar surface area (TPSA) is 23.5 Å². The van der Waals surface area contributed by atoms with Gasteiger partial charge in [0, 0.05) is 23.1 Å². The van der Waals surface area contributed by atoms with Crippen molar-refractivity contribution in [1.82, 2.24) is 0 Å². The van der Waals surface area contributed by atoms with Crippen LogP contribution in [-0.4, -0.2) is 5.11 Å². The van der Waals surface area contributed by atoms with E-state index in [2.05, 4.69) is 69.0 Å². The van der Waals surface area contributed by atoms with Gasteiger partial charge < -0.3 is 10.0 Å². The Bertz CT molecular complexity index is 831. The van der Waals surface area contributed by atoms with Crippen molar-refractivity contribution in [3.63, 3.8) is 0 Å². The summed E-state index contributed by atoms with van der Waals surface area (Å²) >= 11 is 0. The van der Waals surface area contributed by atoms with Gasteiger partial charge in [0.2, 0.25) is 0 Å². The summed E-state index contributed by atoms with van der Waals surface area (Å²) < 4.78 is 0. The fourth-order valence-electron chi connectivity index (χ4n) is 3.15. The summed E-state index contributed by atoms with van der Waals surface area (Å²) in [7, 11) is 0. The lowest BCUT2D eigenvalue weighted by molar-refractivity contribution is 0.475. The highest BCUT2D eigenvalue weighted by Gasteiger charge is 2.16. The van der Waals surface area contributed by atoms with E-state index >= 15 is 0 Å². The molecule has 122 valence electrons. The first-order valence-corrected chi connectivity index (χ1v) is 8.19. The van der Waals surface area contributed by atoms with Gasteiger partial charge in [-0.15, -0.1) is 0 Å². The van der Waals surface area contributed by atoms with Crippen LogP contribution in [0.1, 0.15) is 22.3 Å². The Kier molecular flexibility index (Phi) is 4.30. The summed E-state index contributed by atoms with van der Waals surface area (Å²) in [6.07, 6.45) is 0. The van der Waals surface area contributed by atoms with Crippen molar-refractivity contribution in [3.8, 4) is 5.75 Å². The summed E-state index contributed by atoms with van der Waals surface area (Å²) in [6, 6.07) is 20.3. The molecule has 3 aromatic rings. The van der Waals surface area contributed by atoms with Gasteiger partial charge in [-0.05, 0) is 63.1 Å². The van der Waals surface area contributed by atoms with Gasteiger partial charge in [-0.3, -0.25) is 0 Å². The molecular weight excluding hydrogens is 294 g/mol. The Morgan fingerprint density at radius 3 is 1.67 bits per heavy atom. The van der Waals surface area contributed by atoms with Crippen molar-refractivity contribution in [2.45, 2.75) is 27.7 Å². The minimum absolute atomic E-state index is 0.270. The van der Waals surface area contributed by atoms with Crippen LogP contribution in [0.5, 0.6) is 5.75 Å². The lowest BCUT2D eigenvalue weighted by Crippen LogP contribution is -2.12. The van der Waals surface area contributed by atoms with E-state index in [-0.39, 0.29) is 5.75 Å². The smallest absolute Gasteiger partial charge is 0.117 e. The molecule has 3 aromatic carbocycles. The largest absolute Gasteiger partial charge is 0.508 e. The first-order valence-electron chi connectivity index (χ1n) is 8.19. The third-order valence-electron chi connectivity index (χ3n) is 4.27. The number of anilines is 3. The highest BCUT2D eigenvalue weighted by Crippen LogP contribution is 2.39. The van der Waals surface area contributed by atoms with E-state index in [4.69, 9.17) is 0 Å². The zero-order chi connectivity index (χ0) is 17.3. The quantitative estimate of drug-likeness (QED) is 0.631. The summed E-state index contributed by atoms with van der Waals surface area (Å²) in [5, 5.41) is 9.96. The van der Waals surface area contributed by atoms with Gasteiger partial charge in [0.15, 0.2) is 0 Å². The highest BCUT2D eigenvalue weighted by molar-refractivity contribution is 5.80. The lowest BCUT2D eigenvalue weighted by atomic mass is 10.0. The molecule has 2 heteroatoms. The van der Waals surface area contributed by atoms with Crippen molar-refractivity contribution in [3.05, 3.63) is 82.9 Å². The van der Waals surface area contributed by atoms with Crippen LogP contribution in [0.3, 0.4) is 0 Å². The van der Waals surface area contributed by atoms with Gasteiger partial charge in [0.05, 0.1) is 0 Å². The summed E-state index contributed by atoms with van der Waals surface area (Å²) in [5.41, 5.74) is 8.10. The fourth-order valence-corrected chi connectivity index (χ4v) is 3.15. The maximum absolute atomic E-state index is 9.96. The van der Waals surface area contributed by atoms with E-state index in [1.807, 2.05) is 12.1 Å². The molecule has 2 nitrogen and oxygen atoms in total. The Morgan fingerprint density at radius 2 is 1.21 bits per heavy atom. The van der Waals surface area contributed by atoms with Crippen LogP contribution in [0.4, 0.5) is 17.1 Å². The van der Waals surface area contributed by atoms with E-state index in [1.165, 1.54) is 22.3 Å². The van der Waals surface area contributed by atoms with Gasteiger partial charge in [-0.25, -0.2) is 0 Å². The van der Waals surface area contributed by atoms with Crippen molar-refractivity contribution in [2.75, 3.05) is 4.90 Å². The molecule has 0 aliphatic heterocycles. The monoisotopic (exact) mass is 317 g/mol. The molecular formula is C22H23NO. The van der Waals surface area contributed by atoms with Gasteiger partial charge >= 0.3 is 0 Å². The Morgan fingerprint density at radius 1 is 0.667 bits per heavy atom. The van der Waals surface area contributed by atoms with Gasteiger partial charge in [-0.2, -0.15) is 0 Å². The molecule has 24 heavy (non-hydrogen) atoms.